The van der Waals surface area contributed by atoms with Gasteiger partial charge in [-0.05, 0) is 36.4 Å². The van der Waals surface area contributed by atoms with Crippen LogP contribution >= 0.6 is 0 Å². The van der Waals surface area contributed by atoms with Crippen molar-refractivity contribution in [2.75, 3.05) is 5.32 Å². The fourth-order valence-electron chi connectivity index (χ4n) is 1.87. The first-order chi connectivity index (χ1) is 9.81. The Morgan fingerprint density at radius 2 is 1.60 bits per heavy atom. The van der Waals surface area contributed by atoms with E-state index in [1.165, 1.54) is 0 Å². The molecule has 0 aliphatic heterocycles. The lowest BCUT2D eigenvalue weighted by molar-refractivity contribution is 0.475. The number of benzene rings is 2. The highest BCUT2D eigenvalue weighted by atomic mass is 16.3. The zero-order valence-electron chi connectivity index (χ0n) is 10.7. The average molecular weight is 263 g/mol. The number of hydrogen-bond acceptors (Lipinski definition) is 4. The Balaban J connectivity index is 1.88. The van der Waals surface area contributed by atoms with Crippen LogP contribution in [-0.4, -0.2) is 15.1 Å². The molecule has 1 heterocycles. The van der Waals surface area contributed by atoms with Crippen molar-refractivity contribution in [2.24, 2.45) is 0 Å². The van der Waals surface area contributed by atoms with Crippen LogP contribution in [0.4, 0.5) is 11.5 Å². The van der Waals surface area contributed by atoms with Crippen LogP contribution in [0.15, 0.2) is 67.0 Å². The van der Waals surface area contributed by atoms with Gasteiger partial charge >= 0.3 is 0 Å². The quantitative estimate of drug-likeness (QED) is 0.758. The Bertz CT molecular complexity index is 696. The summed E-state index contributed by atoms with van der Waals surface area (Å²) in [6.45, 7) is 0. The van der Waals surface area contributed by atoms with Crippen molar-refractivity contribution < 1.29 is 5.11 Å². The number of phenolic OH excluding ortho intramolecular Hbond substituents is 1. The highest BCUT2D eigenvalue weighted by Crippen LogP contribution is 2.21. The number of aromatic nitrogens is 2. The maximum absolute atomic E-state index is 9.30. The number of hydrogen-bond donors (Lipinski definition) is 2. The number of aromatic hydroxyl groups is 1. The molecule has 4 heteroatoms. The van der Waals surface area contributed by atoms with Gasteiger partial charge in [0, 0.05) is 11.3 Å². The first-order valence-corrected chi connectivity index (χ1v) is 6.25. The van der Waals surface area contributed by atoms with Gasteiger partial charge in [0.2, 0.25) is 0 Å². The van der Waals surface area contributed by atoms with E-state index in [9.17, 15) is 5.11 Å². The Morgan fingerprint density at radius 3 is 2.35 bits per heavy atom. The molecular formula is C16H13N3O. The van der Waals surface area contributed by atoms with Crippen LogP contribution < -0.4 is 5.32 Å². The Kier molecular flexibility index (Phi) is 3.29. The van der Waals surface area contributed by atoms with Gasteiger partial charge in [0.05, 0.1) is 18.1 Å². The van der Waals surface area contributed by atoms with Crippen molar-refractivity contribution in [1.29, 1.82) is 0 Å². The summed E-state index contributed by atoms with van der Waals surface area (Å²) in [6, 6.07) is 16.7. The molecular weight excluding hydrogens is 250 g/mol. The van der Waals surface area contributed by atoms with Crippen LogP contribution in [0.5, 0.6) is 5.75 Å². The number of rotatable bonds is 3. The molecule has 1 aromatic heterocycles. The normalized spacial score (nSPS) is 10.2. The second-order valence-electron chi connectivity index (χ2n) is 4.33. The molecule has 0 aliphatic carbocycles. The zero-order valence-corrected chi connectivity index (χ0v) is 10.7. The summed E-state index contributed by atoms with van der Waals surface area (Å²) in [6.07, 6.45) is 3.37. The molecule has 0 unspecified atom stereocenters. The first-order valence-electron chi connectivity index (χ1n) is 6.25. The van der Waals surface area contributed by atoms with Gasteiger partial charge in [-0.2, -0.15) is 0 Å². The third kappa shape index (κ3) is 2.75. The maximum Gasteiger partial charge on any atom is 0.149 e. The van der Waals surface area contributed by atoms with E-state index in [-0.39, 0.29) is 5.75 Å². The molecule has 0 atom stereocenters. The van der Waals surface area contributed by atoms with Gasteiger partial charge in [0.1, 0.15) is 11.6 Å². The molecule has 0 bridgehead atoms. The summed E-state index contributed by atoms with van der Waals surface area (Å²) >= 11 is 0. The van der Waals surface area contributed by atoms with Crippen molar-refractivity contribution in [3.8, 4) is 17.0 Å². The molecule has 3 aromatic rings. The van der Waals surface area contributed by atoms with Gasteiger partial charge in [0.25, 0.3) is 0 Å². The molecule has 98 valence electrons. The van der Waals surface area contributed by atoms with Gasteiger partial charge in [-0.15, -0.1) is 0 Å². The minimum Gasteiger partial charge on any atom is -0.508 e. The van der Waals surface area contributed by atoms with Crippen molar-refractivity contribution >= 4 is 11.5 Å². The van der Waals surface area contributed by atoms with Crippen molar-refractivity contribution in [3.05, 3.63) is 67.0 Å². The molecule has 0 spiro atoms. The lowest BCUT2D eigenvalue weighted by Crippen LogP contribution is -1.95. The standard InChI is InChI=1S/C16H13N3O/c20-14-8-6-12(7-9-14)15-10-17-11-16(19-15)18-13-4-2-1-3-5-13/h1-11,20H,(H,18,19). The molecule has 4 nitrogen and oxygen atoms in total. The van der Waals surface area contributed by atoms with E-state index < -0.39 is 0 Å². The maximum atomic E-state index is 9.30. The van der Waals surface area contributed by atoms with Gasteiger partial charge in [-0.3, -0.25) is 4.98 Å². The van der Waals surface area contributed by atoms with Gasteiger partial charge < -0.3 is 10.4 Å². The lowest BCUT2D eigenvalue weighted by atomic mass is 10.1. The predicted octanol–water partition coefficient (Wildman–Crippen LogP) is 3.59. The Labute approximate surface area is 116 Å². The van der Waals surface area contributed by atoms with E-state index in [2.05, 4.69) is 15.3 Å². The molecule has 20 heavy (non-hydrogen) atoms. The van der Waals surface area contributed by atoms with E-state index in [0.717, 1.165) is 16.9 Å². The summed E-state index contributed by atoms with van der Waals surface area (Å²) in [5.41, 5.74) is 2.63. The van der Waals surface area contributed by atoms with Crippen LogP contribution in [0.2, 0.25) is 0 Å². The molecule has 0 amide bonds. The Hall–Kier alpha value is -2.88. The van der Waals surface area contributed by atoms with E-state index in [1.807, 2.05) is 42.5 Å². The number of nitrogens with zero attached hydrogens (tertiary/aromatic N) is 2. The number of nitrogens with one attached hydrogen (secondary N) is 1. The highest BCUT2D eigenvalue weighted by Gasteiger charge is 2.02. The minimum absolute atomic E-state index is 0.236. The van der Waals surface area contributed by atoms with Crippen molar-refractivity contribution in [3.63, 3.8) is 0 Å². The summed E-state index contributed by atoms with van der Waals surface area (Å²) in [5, 5.41) is 12.5. The minimum atomic E-state index is 0.236. The fourth-order valence-corrected chi connectivity index (χ4v) is 1.87. The summed E-state index contributed by atoms with van der Waals surface area (Å²) in [7, 11) is 0. The molecule has 2 aromatic carbocycles. The summed E-state index contributed by atoms with van der Waals surface area (Å²) < 4.78 is 0. The lowest BCUT2D eigenvalue weighted by Gasteiger charge is -2.07. The van der Waals surface area contributed by atoms with Crippen LogP contribution in [0.1, 0.15) is 0 Å². The molecule has 3 rings (SSSR count). The first kappa shape index (κ1) is 12.2. The summed E-state index contributed by atoms with van der Waals surface area (Å²) in [5.74, 6) is 0.919. The van der Waals surface area contributed by atoms with Crippen LogP contribution in [0.3, 0.4) is 0 Å². The fraction of sp³-hybridized carbons (Fsp3) is 0. The molecule has 0 aliphatic rings. The molecule has 0 radical (unpaired) electrons. The Morgan fingerprint density at radius 1 is 0.850 bits per heavy atom. The predicted molar refractivity (Wildman–Crippen MR) is 78.9 cm³/mol. The largest absolute Gasteiger partial charge is 0.508 e. The second kappa shape index (κ2) is 5.40. The van der Waals surface area contributed by atoms with Gasteiger partial charge in [-0.1, -0.05) is 18.2 Å². The smallest absolute Gasteiger partial charge is 0.149 e. The molecule has 0 saturated heterocycles. The van der Waals surface area contributed by atoms with E-state index in [0.29, 0.717) is 5.82 Å². The van der Waals surface area contributed by atoms with E-state index in [4.69, 9.17) is 0 Å². The van der Waals surface area contributed by atoms with Crippen molar-refractivity contribution in [2.45, 2.75) is 0 Å². The zero-order chi connectivity index (χ0) is 13.8. The molecule has 0 saturated carbocycles. The number of anilines is 2. The van der Waals surface area contributed by atoms with Crippen molar-refractivity contribution in [1.82, 2.24) is 9.97 Å². The van der Waals surface area contributed by atoms with Crippen LogP contribution in [0, 0.1) is 0 Å². The van der Waals surface area contributed by atoms with Gasteiger partial charge in [-0.25, -0.2) is 4.98 Å². The van der Waals surface area contributed by atoms with E-state index in [1.54, 1.807) is 24.5 Å². The van der Waals surface area contributed by atoms with Crippen LogP contribution in [0.25, 0.3) is 11.3 Å². The third-order valence-corrected chi connectivity index (χ3v) is 2.84. The average Bonchev–Trinajstić information content (AvgIpc) is 2.49. The topological polar surface area (TPSA) is 58.0 Å². The summed E-state index contributed by atoms with van der Waals surface area (Å²) in [4.78, 5) is 8.70. The number of para-hydroxylation sites is 1. The second-order valence-corrected chi connectivity index (χ2v) is 4.33. The third-order valence-electron chi connectivity index (χ3n) is 2.84. The SMILES string of the molecule is Oc1ccc(-c2cncc(Nc3ccccc3)n2)cc1. The number of phenols is 1. The van der Waals surface area contributed by atoms with Gasteiger partial charge in [0.15, 0.2) is 0 Å². The molecule has 0 fully saturated rings. The van der Waals surface area contributed by atoms with E-state index >= 15 is 0 Å². The van der Waals surface area contributed by atoms with Crippen LogP contribution in [-0.2, 0) is 0 Å². The monoisotopic (exact) mass is 263 g/mol. The molecule has 2 N–H and O–H groups in total. The highest BCUT2D eigenvalue weighted by molar-refractivity contribution is 5.63.